The number of aryl methyl sites for hydroxylation is 1. The summed E-state index contributed by atoms with van der Waals surface area (Å²) in [6.07, 6.45) is 0. The Morgan fingerprint density at radius 1 is 1.50 bits per heavy atom. The van der Waals surface area contributed by atoms with Gasteiger partial charge in [0.1, 0.15) is 0 Å². The van der Waals surface area contributed by atoms with E-state index in [1.165, 1.54) is 0 Å². The molecule has 5 nitrogen and oxygen atoms in total. The number of anilines is 1. The first kappa shape index (κ1) is 9.48. The third-order valence-corrected chi connectivity index (χ3v) is 2.51. The van der Waals surface area contributed by atoms with Crippen LogP contribution < -0.4 is 10.6 Å². The van der Waals surface area contributed by atoms with Crippen LogP contribution in [0.25, 0.3) is 0 Å². The van der Waals surface area contributed by atoms with Crippen LogP contribution in [0.2, 0.25) is 0 Å². The SMILES string of the molecule is Cn1nc(N2CCOCC2)cc1CN. The van der Waals surface area contributed by atoms with Crippen LogP contribution in [0.3, 0.4) is 0 Å². The van der Waals surface area contributed by atoms with Crippen molar-refractivity contribution >= 4 is 5.82 Å². The molecule has 0 radical (unpaired) electrons. The quantitative estimate of drug-likeness (QED) is 0.706. The molecule has 0 saturated carbocycles. The Bertz CT molecular complexity index is 304. The summed E-state index contributed by atoms with van der Waals surface area (Å²) < 4.78 is 7.12. The first-order valence-electron chi connectivity index (χ1n) is 4.87. The minimum Gasteiger partial charge on any atom is -0.378 e. The largest absolute Gasteiger partial charge is 0.378 e. The molecule has 0 atom stereocenters. The van der Waals surface area contributed by atoms with Crippen LogP contribution in [-0.4, -0.2) is 36.1 Å². The van der Waals surface area contributed by atoms with Gasteiger partial charge in [0.05, 0.1) is 18.9 Å². The van der Waals surface area contributed by atoms with Gasteiger partial charge in [0, 0.05) is 32.7 Å². The summed E-state index contributed by atoms with van der Waals surface area (Å²) in [5, 5.41) is 4.41. The average Bonchev–Trinajstić information content (AvgIpc) is 2.61. The van der Waals surface area contributed by atoms with E-state index >= 15 is 0 Å². The Morgan fingerprint density at radius 2 is 2.21 bits per heavy atom. The molecule has 1 aromatic heterocycles. The summed E-state index contributed by atoms with van der Waals surface area (Å²) in [4.78, 5) is 2.22. The Labute approximate surface area is 83.4 Å². The normalized spacial score (nSPS) is 17.4. The van der Waals surface area contributed by atoms with Gasteiger partial charge >= 0.3 is 0 Å². The molecule has 2 N–H and O–H groups in total. The minimum atomic E-state index is 0.536. The summed E-state index contributed by atoms with van der Waals surface area (Å²) in [5.41, 5.74) is 6.65. The van der Waals surface area contributed by atoms with Crippen molar-refractivity contribution in [3.05, 3.63) is 11.8 Å². The van der Waals surface area contributed by atoms with E-state index in [2.05, 4.69) is 10.00 Å². The van der Waals surface area contributed by atoms with Crippen molar-refractivity contribution in [2.75, 3.05) is 31.2 Å². The van der Waals surface area contributed by atoms with E-state index < -0.39 is 0 Å². The minimum absolute atomic E-state index is 0.536. The molecule has 2 rings (SSSR count). The van der Waals surface area contributed by atoms with Crippen molar-refractivity contribution < 1.29 is 4.74 Å². The molecule has 0 bridgehead atoms. The predicted molar refractivity (Wildman–Crippen MR) is 54.1 cm³/mol. The topological polar surface area (TPSA) is 56.3 Å². The molecular weight excluding hydrogens is 180 g/mol. The van der Waals surface area contributed by atoms with Crippen LogP contribution in [0.1, 0.15) is 5.69 Å². The van der Waals surface area contributed by atoms with Gasteiger partial charge in [-0.05, 0) is 0 Å². The molecular formula is C9H16N4O. The molecule has 5 heteroatoms. The molecule has 1 aliphatic heterocycles. The van der Waals surface area contributed by atoms with Gasteiger partial charge in [-0.1, -0.05) is 0 Å². The maximum absolute atomic E-state index is 5.59. The van der Waals surface area contributed by atoms with E-state index in [4.69, 9.17) is 10.5 Å². The van der Waals surface area contributed by atoms with E-state index in [9.17, 15) is 0 Å². The first-order chi connectivity index (χ1) is 6.81. The number of hydrogen-bond donors (Lipinski definition) is 1. The summed E-state index contributed by atoms with van der Waals surface area (Å²) in [5.74, 6) is 1.01. The van der Waals surface area contributed by atoms with E-state index in [0.29, 0.717) is 6.54 Å². The molecule has 0 aromatic carbocycles. The van der Waals surface area contributed by atoms with Gasteiger partial charge in [-0.3, -0.25) is 4.68 Å². The Morgan fingerprint density at radius 3 is 2.79 bits per heavy atom. The van der Waals surface area contributed by atoms with Gasteiger partial charge in [0.25, 0.3) is 0 Å². The van der Waals surface area contributed by atoms with Crippen LogP contribution >= 0.6 is 0 Å². The molecule has 1 aromatic rings. The summed E-state index contributed by atoms with van der Waals surface area (Å²) >= 11 is 0. The van der Waals surface area contributed by atoms with Crippen LogP contribution in [0.4, 0.5) is 5.82 Å². The average molecular weight is 196 g/mol. The number of rotatable bonds is 2. The predicted octanol–water partition coefficient (Wildman–Crippen LogP) is -0.285. The van der Waals surface area contributed by atoms with Gasteiger partial charge in [0.2, 0.25) is 0 Å². The van der Waals surface area contributed by atoms with Gasteiger partial charge in [-0.25, -0.2) is 0 Å². The number of aromatic nitrogens is 2. The van der Waals surface area contributed by atoms with E-state index in [1.54, 1.807) is 0 Å². The number of morpholine rings is 1. The van der Waals surface area contributed by atoms with Crippen LogP contribution in [0, 0.1) is 0 Å². The molecule has 2 heterocycles. The van der Waals surface area contributed by atoms with Crippen molar-refractivity contribution in [3.63, 3.8) is 0 Å². The third-order valence-electron chi connectivity index (χ3n) is 2.51. The van der Waals surface area contributed by atoms with Crippen LogP contribution in [0.5, 0.6) is 0 Å². The van der Waals surface area contributed by atoms with Crippen LogP contribution in [-0.2, 0) is 18.3 Å². The maximum atomic E-state index is 5.59. The van der Waals surface area contributed by atoms with Gasteiger partial charge in [-0.15, -0.1) is 0 Å². The monoisotopic (exact) mass is 196 g/mol. The smallest absolute Gasteiger partial charge is 0.151 e. The number of nitrogens with two attached hydrogens (primary N) is 1. The Hall–Kier alpha value is -1.07. The lowest BCUT2D eigenvalue weighted by Crippen LogP contribution is -2.36. The number of ether oxygens (including phenoxy) is 1. The molecule has 0 amide bonds. The van der Waals surface area contributed by atoms with Gasteiger partial charge in [0.15, 0.2) is 5.82 Å². The highest BCUT2D eigenvalue weighted by atomic mass is 16.5. The Kier molecular flexibility index (Phi) is 2.69. The number of hydrogen-bond acceptors (Lipinski definition) is 4. The Balaban J connectivity index is 2.14. The van der Waals surface area contributed by atoms with Crippen molar-refractivity contribution in [2.24, 2.45) is 12.8 Å². The third kappa shape index (κ3) is 1.73. The van der Waals surface area contributed by atoms with Crippen molar-refractivity contribution in [1.82, 2.24) is 9.78 Å². The lowest BCUT2D eigenvalue weighted by Gasteiger charge is -2.26. The van der Waals surface area contributed by atoms with E-state index in [-0.39, 0.29) is 0 Å². The number of nitrogens with zero attached hydrogens (tertiary/aromatic N) is 3. The molecule has 0 spiro atoms. The molecule has 1 fully saturated rings. The molecule has 1 aliphatic rings. The fraction of sp³-hybridized carbons (Fsp3) is 0.667. The standard InChI is InChI=1S/C9H16N4O/c1-12-8(7-10)6-9(11-12)13-2-4-14-5-3-13/h6H,2-5,7,10H2,1H3. The molecule has 0 aliphatic carbocycles. The van der Waals surface area contributed by atoms with Gasteiger partial charge in [-0.2, -0.15) is 5.10 Å². The second-order valence-corrected chi connectivity index (χ2v) is 3.42. The second kappa shape index (κ2) is 3.98. The lowest BCUT2D eigenvalue weighted by molar-refractivity contribution is 0.122. The maximum Gasteiger partial charge on any atom is 0.151 e. The molecule has 0 unspecified atom stereocenters. The fourth-order valence-electron chi connectivity index (χ4n) is 1.63. The first-order valence-corrected chi connectivity index (χ1v) is 4.87. The van der Waals surface area contributed by atoms with E-state index in [0.717, 1.165) is 37.8 Å². The van der Waals surface area contributed by atoms with E-state index in [1.807, 2.05) is 17.8 Å². The van der Waals surface area contributed by atoms with Gasteiger partial charge < -0.3 is 15.4 Å². The van der Waals surface area contributed by atoms with Crippen LogP contribution in [0.15, 0.2) is 6.07 Å². The highest BCUT2D eigenvalue weighted by Crippen LogP contribution is 2.14. The zero-order chi connectivity index (χ0) is 9.97. The highest BCUT2D eigenvalue weighted by Gasteiger charge is 2.14. The van der Waals surface area contributed by atoms with Crippen molar-refractivity contribution in [2.45, 2.75) is 6.54 Å². The summed E-state index contributed by atoms with van der Waals surface area (Å²) in [6, 6.07) is 2.05. The summed E-state index contributed by atoms with van der Waals surface area (Å²) in [7, 11) is 1.92. The summed E-state index contributed by atoms with van der Waals surface area (Å²) in [6.45, 7) is 3.94. The zero-order valence-corrected chi connectivity index (χ0v) is 8.44. The molecule has 78 valence electrons. The van der Waals surface area contributed by atoms with Crippen molar-refractivity contribution in [3.8, 4) is 0 Å². The highest BCUT2D eigenvalue weighted by molar-refractivity contribution is 5.40. The second-order valence-electron chi connectivity index (χ2n) is 3.42. The van der Waals surface area contributed by atoms with Crippen molar-refractivity contribution in [1.29, 1.82) is 0 Å². The lowest BCUT2D eigenvalue weighted by atomic mass is 10.3. The molecule has 1 saturated heterocycles. The fourth-order valence-corrected chi connectivity index (χ4v) is 1.63. The zero-order valence-electron chi connectivity index (χ0n) is 8.44. The molecule has 14 heavy (non-hydrogen) atoms.